The van der Waals surface area contributed by atoms with Gasteiger partial charge in [-0.3, -0.25) is 4.79 Å². The smallest absolute Gasteiger partial charge is 0.240 e. The van der Waals surface area contributed by atoms with Crippen LogP contribution in [0.4, 0.5) is 5.69 Å². The molecule has 2 N–H and O–H groups in total. The summed E-state index contributed by atoms with van der Waals surface area (Å²) in [6.07, 6.45) is 0.0679. The number of amides is 1. The van der Waals surface area contributed by atoms with E-state index >= 15 is 0 Å². The molecule has 0 aliphatic rings. The second-order valence-corrected chi connectivity index (χ2v) is 7.59. The van der Waals surface area contributed by atoms with Gasteiger partial charge >= 0.3 is 0 Å². The molecule has 0 heterocycles. The van der Waals surface area contributed by atoms with Crippen LogP contribution in [0, 0.1) is 20.8 Å². The lowest BCUT2D eigenvalue weighted by atomic mass is 10.1. The van der Waals surface area contributed by atoms with Crippen molar-refractivity contribution in [3.63, 3.8) is 0 Å². The molecular weight excluding hydrogens is 324 g/mol. The molecule has 0 radical (unpaired) electrons. The molecule has 0 bridgehead atoms. The minimum Gasteiger partial charge on any atom is -0.326 e. The zero-order valence-corrected chi connectivity index (χ0v) is 14.9. The highest BCUT2D eigenvalue weighted by Crippen LogP contribution is 2.16. The van der Waals surface area contributed by atoms with Gasteiger partial charge in [0.1, 0.15) is 0 Å². The predicted octanol–water partition coefficient (Wildman–Crippen LogP) is 2.92. The van der Waals surface area contributed by atoms with Crippen molar-refractivity contribution in [3.8, 4) is 0 Å². The van der Waals surface area contributed by atoms with Crippen LogP contribution in [0.15, 0.2) is 47.4 Å². The van der Waals surface area contributed by atoms with Gasteiger partial charge < -0.3 is 5.32 Å². The molecule has 1 amide bonds. The van der Waals surface area contributed by atoms with Crippen LogP contribution in [-0.2, 0) is 14.8 Å². The van der Waals surface area contributed by atoms with Gasteiger partial charge in [-0.25, -0.2) is 13.1 Å². The summed E-state index contributed by atoms with van der Waals surface area (Å²) in [7, 11) is -3.59. The van der Waals surface area contributed by atoms with Crippen molar-refractivity contribution in [2.24, 2.45) is 0 Å². The maximum atomic E-state index is 12.1. The highest BCUT2D eigenvalue weighted by atomic mass is 32.2. The fourth-order valence-electron chi connectivity index (χ4n) is 2.18. The van der Waals surface area contributed by atoms with Crippen molar-refractivity contribution >= 4 is 21.6 Å². The minimum absolute atomic E-state index is 0.0485. The molecule has 0 aliphatic heterocycles. The molecule has 5 nitrogen and oxygen atoms in total. The Kier molecular flexibility index (Phi) is 5.75. The first-order valence-corrected chi connectivity index (χ1v) is 9.20. The molecule has 0 saturated carbocycles. The number of anilines is 1. The maximum absolute atomic E-state index is 12.1. The lowest BCUT2D eigenvalue weighted by Crippen LogP contribution is -2.28. The summed E-state index contributed by atoms with van der Waals surface area (Å²) < 4.78 is 26.7. The van der Waals surface area contributed by atoms with Gasteiger partial charge in [0.2, 0.25) is 15.9 Å². The van der Waals surface area contributed by atoms with E-state index in [9.17, 15) is 13.2 Å². The highest BCUT2D eigenvalue weighted by molar-refractivity contribution is 7.89. The molecule has 128 valence electrons. The minimum atomic E-state index is -3.59. The summed E-state index contributed by atoms with van der Waals surface area (Å²) in [5.74, 6) is -0.227. The SMILES string of the molecule is Cc1ccc(S(=O)(=O)NCCC(=O)Nc2cc(C)ccc2C)cc1. The molecule has 0 aromatic heterocycles. The number of carbonyl (C=O) groups excluding carboxylic acids is 1. The Morgan fingerprint density at radius 1 is 0.958 bits per heavy atom. The molecular formula is C18H22N2O3S. The monoisotopic (exact) mass is 346 g/mol. The second kappa shape index (κ2) is 7.59. The van der Waals surface area contributed by atoms with Crippen LogP contribution in [0.25, 0.3) is 0 Å². The first kappa shape index (κ1) is 18.2. The average Bonchev–Trinajstić information content (AvgIpc) is 2.51. The third-order valence-electron chi connectivity index (χ3n) is 3.64. The summed E-state index contributed by atoms with van der Waals surface area (Å²) in [5.41, 5.74) is 3.76. The molecule has 6 heteroatoms. The third kappa shape index (κ3) is 4.91. The Hall–Kier alpha value is -2.18. The Bertz CT molecular complexity index is 828. The van der Waals surface area contributed by atoms with Crippen molar-refractivity contribution in [2.45, 2.75) is 32.1 Å². The molecule has 2 aromatic carbocycles. The second-order valence-electron chi connectivity index (χ2n) is 5.83. The number of hydrogen-bond acceptors (Lipinski definition) is 3. The van der Waals surface area contributed by atoms with Crippen molar-refractivity contribution < 1.29 is 13.2 Å². The average molecular weight is 346 g/mol. The molecule has 2 rings (SSSR count). The highest BCUT2D eigenvalue weighted by Gasteiger charge is 2.14. The molecule has 0 fully saturated rings. The van der Waals surface area contributed by atoms with Gasteiger partial charge in [-0.1, -0.05) is 29.8 Å². The van der Waals surface area contributed by atoms with Crippen molar-refractivity contribution in [1.29, 1.82) is 0 Å². The van der Waals surface area contributed by atoms with Gasteiger partial charge in [-0.15, -0.1) is 0 Å². The summed E-state index contributed by atoms with van der Waals surface area (Å²) in [4.78, 5) is 12.2. The number of nitrogens with one attached hydrogen (secondary N) is 2. The molecule has 0 atom stereocenters. The molecule has 0 aliphatic carbocycles. The predicted molar refractivity (Wildman–Crippen MR) is 95.5 cm³/mol. The van der Waals surface area contributed by atoms with E-state index in [1.54, 1.807) is 24.3 Å². The topological polar surface area (TPSA) is 75.3 Å². The largest absolute Gasteiger partial charge is 0.326 e. The van der Waals surface area contributed by atoms with E-state index in [0.717, 1.165) is 22.4 Å². The number of carbonyl (C=O) groups is 1. The van der Waals surface area contributed by atoms with E-state index in [1.807, 2.05) is 39.0 Å². The maximum Gasteiger partial charge on any atom is 0.240 e. The Labute approximate surface area is 143 Å². The summed E-state index contributed by atoms with van der Waals surface area (Å²) in [6.45, 7) is 5.80. The normalized spacial score (nSPS) is 11.3. The lowest BCUT2D eigenvalue weighted by molar-refractivity contribution is -0.116. The standard InChI is InChI=1S/C18H22N2O3S/c1-13-5-8-16(9-6-13)24(22,23)19-11-10-18(21)20-17-12-14(2)4-7-15(17)3/h4-9,12,19H,10-11H2,1-3H3,(H,20,21). The van der Waals surface area contributed by atoms with E-state index in [4.69, 9.17) is 0 Å². The molecule has 0 spiro atoms. The molecule has 2 aromatic rings. The molecule has 0 saturated heterocycles. The zero-order chi connectivity index (χ0) is 17.7. The van der Waals surface area contributed by atoms with Crippen molar-refractivity contribution in [1.82, 2.24) is 4.72 Å². The Balaban J connectivity index is 1.90. The van der Waals surface area contributed by atoms with E-state index in [-0.39, 0.29) is 23.8 Å². The van der Waals surface area contributed by atoms with E-state index in [2.05, 4.69) is 10.0 Å². The Morgan fingerprint density at radius 2 is 1.58 bits per heavy atom. The van der Waals surface area contributed by atoms with E-state index in [0.29, 0.717) is 0 Å². The van der Waals surface area contributed by atoms with Gasteiger partial charge in [-0.2, -0.15) is 0 Å². The first-order chi connectivity index (χ1) is 11.3. The van der Waals surface area contributed by atoms with Crippen LogP contribution < -0.4 is 10.0 Å². The molecule has 0 unspecified atom stereocenters. The van der Waals surface area contributed by atoms with Crippen molar-refractivity contribution in [2.75, 3.05) is 11.9 Å². The van der Waals surface area contributed by atoms with Gasteiger partial charge in [0.15, 0.2) is 0 Å². The number of benzene rings is 2. The van der Waals surface area contributed by atoms with Gasteiger partial charge in [0.05, 0.1) is 4.90 Å². The summed E-state index contributed by atoms with van der Waals surface area (Å²) in [5, 5.41) is 2.81. The Morgan fingerprint density at radius 3 is 2.25 bits per heavy atom. The van der Waals surface area contributed by atoms with Gasteiger partial charge in [-0.05, 0) is 50.1 Å². The quantitative estimate of drug-likeness (QED) is 0.844. The number of rotatable bonds is 6. The van der Waals surface area contributed by atoms with Crippen LogP contribution >= 0.6 is 0 Å². The zero-order valence-electron chi connectivity index (χ0n) is 14.1. The van der Waals surface area contributed by atoms with Crippen LogP contribution in [0.5, 0.6) is 0 Å². The number of aryl methyl sites for hydroxylation is 3. The summed E-state index contributed by atoms with van der Waals surface area (Å²) in [6, 6.07) is 12.4. The number of hydrogen-bond donors (Lipinski definition) is 2. The lowest BCUT2D eigenvalue weighted by Gasteiger charge is -2.10. The first-order valence-electron chi connectivity index (χ1n) is 7.71. The van der Waals surface area contributed by atoms with Gasteiger partial charge in [0.25, 0.3) is 0 Å². The van der Waals surface area contributed by atoms with E-state index < -0.39 is 10.0 Å². The fourth-order valence-corrected chi connectivity index (χ4v) is 3.21. The molecule has 24 heavy (non-hydrogen) atoms. The van der Waals surface area contributed by atoms with E-state index in [1.165, 1.54) is 0 Å². The van der Waals surface area contributed by atoms with Crippen molar-refractivity contribution in [3.05, 3.63) is 59.2 Å². The van der Waals surface area contributed by atoms with Crippen LogP contribution in [-0.4, -0.2) is 20.9 Å². The number of sulfonamides is 1. The fraction of sp³-hybridized carbons (Fsp3) is 0.278. The van der Waals surface area contributed by atoms with Gasteiger partial charge in [0, 0.05) is 18.7 Å². The third-order valence-corrected chi connectivity index (χ3v) is 5.12. The van der Waals surface area contributed by atoms with Crippen LogP contribution in [0.3, 0.4) is 0 Å². The van der Waals surface area contributed by atoms with Crippen LogP contribution in [0.2, 0.25) is 0 Å². The summed E-state index contributed by atoms with van der Waals surface area (Å²) >= 11 is 0. The van der Waals surface area contributed by atoms with Crippen LogP contribution in [0.1, 0.15) is 23.1 Å².